The van der Waals surface area contributed by atoms with E-state index in [1.54, 1.807) is 0 Å². The van der Waals surface area contributed by atoms with Crippen LogP contribution in [0, 0.1) is 12.8 Å². The standard InChI is InChI=1S/C11H18N2O/c1-9-2-3-11(14-9)8-12-5-4-10-6-13-7-10/h2-3,10,12-13H,4-8H2,1H3. The van der Waals surface area contributed by atoms with Crippen LogP contribution < -0.4 is 10.6 Å². The van der Waals surface area contributed by atoms with E-state index in [1.165, 1.54) is 19.5 Å². The third-order valence-corrected chi connectivity index (χ3v) is 2.69. The number of furan rings is 1. The minimum absolute atomic E-state index is 0.855. The van der Waals surface area contributed by atoms with Gasteiger partial charge in [0.15, 0.2) is 0 Å². The van der Waals surface area contributed by atoms with Crippen LogP contribution in [-0.4, -0.2) is 19.6 Å². The normalized spacial score (nSPS) is 16.9. The van der Waals surface area contributed by atoms with Crippen molar-refractivity contribution in [2.24, 2.45) is 5.92 Å². The molecule has 1 aliphatic heterocycles. The Morgan fingerprint density at radius 2 is 2.36 bits per heavy atom. The minimum atomic E-state index is 0.855. The molecule has 2 N–H and O–H groups in total. The lowest BCUT2D eigenvalue weighted by atomic mass is 10.00. The van der Waals surface area contributed by atoms with Crippen LogP contribution in [0.1, 0.15) is 17.9 Å². The Balaban J connectivity index is 1.58. The zero-order valence-electron chi connectivity index (χ0n) is 8.68. The smallest absolute Gasteiger partial charge is 0.117 e. The molecule has 2 rings (SSSR count). The molecule has 1 saturated heterocycles. The van der Waals surface area contributed by atoms with Gasteiger partial charge in [-0.25, -0.2) is 0 Å². The molecule has 14 heavy (non-hydrogen) atoms. The summed E-state index contributed by atoms with van der Waals surface area (Å²) in [4.78, 5) is 0. The van der Waals surface area contributed by atoms with Gasteiger partial charge in [0.1, 0.15) is 11.5 Å². The van der Waals surface area contributed by atoms with E-state index in [4.69, 9.17) is 4.42 Å². The molecule has 1 aromatic rings. The molecule has 0 amide bonds. The van der Waals surface area contributed by atoms with Crippen molar-refractivity contribution >= 4 is 0 Å². The predicted octanol–water partition coefficient (Wildman–Crippen LogP) is 1.29. The molecule has 3 nitrogen and oxygen atoms in total. The minimum Gasteiger partial charge on any atom is -0.465 e. The van der Waals surface area contributed by atoms with Crippen LogP contribution in [-0.2, 0) is 6.54 Å². The maximum Gasteiger partial charge on any atom is 0.117 e. The van der Waals surface area contributed by atoms with Crippen molar-refractivity contribution in [3.05, 3.63) is 23.7 Å². The van der Waals surface area contributed by atoms with E-state index in [2.05, 4.69) is 10.6 Å². The van der Waals surface area contributed by atoms with E-state index in [0.29, 0.717) is 0 Å². The van der Waals surface area contributed by atoms with Crippen LogP contribution in [0.3, 0.4) is 0 Å². The Kier molecular flexibility index (Phi) is 3.22. The molecule has 78 valence electrons. The van der Waals surface area contributed by atoms with Gasteiger partial charge in [0.25, 0.3) is 0 Å². The predicted molar refractivity (Wildman–Crippen MR) is 56.1 cm³/mol. The van der Waals surface area contributed by atoms with E-state index in [0.717, 1.165) is 30.5 Å². The van der Waals surface area contributed by atoms with Crippen molar-refractivity contribution in [3.8, 4) is 0 Å². The molecule has 1 aromatic heterocycles. The van der Waals surface area contributed by atoms with Crippen molar-refractivity contribution in [3.63, 3.8) is 0 Å². The van der Waals surface area contributed by atoms with Gasteiger partial charge in [-0.05, 0) is 51.0 Å². The molecule has 0 radical (unpaired) electrons. The van der Waals surface area contributed by atoms with Crippen molar-refractivity contribution in [2.75, 3.05) is 19.6 Å². The lowest BCUT2D eigenvalue weighted by Crippen LogP contribution is -2.43. The summed E-state index contributed by atoms with van der Waals surface area (Å²) in [5.41, 5.74) is 0. The molecule has 0 bridgehead atoms. The fourth-order valence-corrected chi connectivity index (χ4v) is 1.65. The number of aryl methyl sites for hydroxylation is 1. The monoisotopic (exact) mass is 194 g/mol. The van der Waals surface area contributed by atoms with E-state index < -0.39 is 0 Å². The van der Waals surface area contributed by atoms with Crippen LogP contribution in [0.25, 0.3) is 0 Å². The number of rotatable bonds is 5. The van der Waals surface area contributed by atoms with Crippen LogP contribution in [0.15, 0.2) is 16.5 Å². The van der Waals surface area contributed by atoms with E-state index in [1.807, 2.05) is 19.1 Å². The molecule has 0 atom stereocenters. The fraction of sp³-hybridized carbons (Fsp3) is 0.636. The largest absolute Gasteiger partial charge is 0.465 e. The summed E-state index contributed by atoms with van der Waals surface area (Å²) in [6.45, 7) is 6.31. The lowest BCUT2D eigenvalue weighted by Gasteiger charge is -2.26. The van der Waals surface area contributed by atoms with E-state index in [9.17, 15) is 0 Å². The molecule has 0 aliphatic carbocycles. The van der Waals surface area contributed by atoms with Gasteiger partial charge in [-0.1, -0.05) is 0 Å². The van der Waals surface area contributed by atoms with Gasteiger partial charge in [-0.15, -0.1) is 0 Å². The average Bonchev–Trinajstić information content (AvgIpc) is 2.48. The molecule has 1 aliphatic rings. The van der Waals surface area contributed by atoms with Crippen molar-refractivity contribution < 1.29 is 4.42 Å². The van der Waals surface area contributed by atoms with Gasteiger partial charge >= 0.3 is 0 Å². The fourth-order valence-electron chi connectivity index (χ4n) is 1.65. The Hall–Kier alpha value is -0.800. The number of nitrogens with one attached hydrogen (secondary N) is 2. The maximum absolute atomic E-state index is 5.46. The highest BCUT2D eigenvalue weighted by atomic mass is 16.3. The quantitative estimate of drug-likeness (QED) is 0.693. The van der Waals surface area contributed by atoms with Crippen molar-refractivity contribution in [1.29, 1.82) is 0 Å². The Morgan fingerprint density at radius 1 is 1.50 bits per heavy atom. The molecule has 3 heteroatoms. The summed E-state index contributed by atoms with van der Waals surface area (Å²) in [7, 11) is 0. The Morgan fingerprint density at radius 3 is 2.93 bits per heavy atom. The number of hydrogen-bond acceptors (Lipinski definition) is 3. The summed E-state index contributed by atoms with van der Waals surface area (Å²) in [5.74, 6) is 2.92. The third-order valence-electron chi connectivity index (χ3n) is 2.69. The Labute approximate surface area is 84.9 Å². The topological polar surface area (TPSA) is 37.2 Å². The molecule has 0 aromatic carbocycles. The molecular weight excluding hydrogens is 176 g/mol. The maximum atomic E-state index is 5.46. The van der Waals surface area contributed by atoms with E-state index >= 15 is 0 Å². The molecular formula is C11H18N2O. The first-order valence-electron chi connectivity index (χ1n) is 5.31. The van der Waals surface area contributed by atoms with Gasteiger partial charge in [0, 0.05) is 0 Å². The summed E-state index contributed by atoms with van der Waals surface area (Å²) in [6, 6.07) is 4.04. The molecule has 2 heterocycles. The first-order valence-corrected chi connectivity index (χ1v) is 5.31. The summed E-state index contributed by atoms with van der Waals surface area (Å²) in [5, 5.41) is 6.67. The van der Waals surface area contributed by atoms with Crippen LogP contribution >= 0.6 is 0 Å². The van der Waals surface area contributed by atoms with Gasteiger partial charge in [0.05, 0.1) is 6.54 Å². The van der Waals surface area contributed by atoms with Gasteiger partial charge in [0.2, 0.25) is 0 Å². The second kappa shape index (κ2) is 4.62. The van der Waals surface area contributed by atoms with Crippen LogP contribution in [0.4, 0.5) is 0 Å². The second-order valence-corrected chi connectivity index (χ2v) is 4.00. The molecule has 0 spiro atoms. The summed E-state index contributed by atoms with van der Waals surface area (Å²) >= 11 is 0. The molecule has 0 saturated carbocycles. The average molecular weight is 194 g/mol. The van der Waals surface area contributed by atoms with Crippen molar-refractivity contribution in [1.82, 2.24) is 10.6 Å². The molecule has 1 fully saturated rings. The second-order valence-electron chi connectivity index (χ2n) is 4.00. The van der Waals surface area contributed by atoms with Gasteiger partial charge in [-0.3, -0.25) is 0 Å². The van der Waals surface area contributed by atoms with E-state index in [-0.39, 0.29) is 0 Å². The zero-order valence-corrected chi connectivity index (χ0v) is 8.68. The number of hydrogen-bond donors (Lipinski definition) is 2. The zero-order chi connectivity index (χ0) is 9.80. The SMILES string of the molecule is Cc1ccc(CNCCC2CNC2)o1. The van der Waals surface area contributed by atoms with Gasteiger partial charge < -0.3 is 15.1 Å². The molecule has 0 unspecified atom stereocenters. The van der Waals surface area contributed by atoms with Gasteiger partial charge in [-0.2, -0.15) is 0 Å². The van der Waals surface area contributed by atoms with Crippen LogP contribution in [0.2, 0.25) is 0 Å². The highest BCUT2D eigenvalue weighted by molar-refractivity contribution is 5.05. The van der Waals surface area contributed by atoms with Crippen LogP contribution in [0.5, 0.6) is 0 Å². The highest BCUT2D eigenvalue weighted by Gasteiger charge is 2.15. The first kappa shape index (κ1) is 9.74. The lowest BCUT2D eigenvalue weighted by molar-refractivity contribution is 0.320. The highest BCUT2D eigenvalue weighted by Crippen LogP contribution is 2.08. The summed E-state index contributed by atoms with van der Waals surface area (Å²) < 4.78 is 5.46. The Bertz CT molecular complexity index is 279. The summed E-state index contributed by atoms with van der Waals surface area (Å²) in [6.07, 6.45) is 1.27. The first-order chi connectivity index (χ1) is 6.84. The van der Waals surface area contributed by atoms with Crippen molar-refractivity contribution in [2.45, 2.75) is 19.9 Å². The third kappa shape index (κ3) is 2.59.